The first-order valence-electron chi connectivity index (χ1n) is 14.3. The lowest BCUT2D eigenvalue weighted by Gasteiger charge is -2.38. The van der Waals surface area contributed by atoms with E-state index < -0.39 is 22.0 Å². The smallest absolute Gasteiger partial charge is 0.323 e. The summed E-state index contributed by atoms with van der Waals surface area (Å²) in [5, 5.41) is 13.4. The summed E-state index contributed by atoms with van der Waals surface area (Å²) >= 11 is 0. The summed E-state index contributed by atoms with van der Waals surface area (Å²) in [4.78, 5) is 23.5. The third-order valence-electron chi connectivity index (χ3n) is 7.51. The summed E-state index contributed by atoms with van der Waals surface area (Å²) in [6, 6.07) is 24.6. The Bertz CT molecular complexity index is 1440. The molecule has 0 aliphatic carbocycles. The number of nitrogens with zero attached hydrogens (tertiary/aromatic N) is 4. The second-order valence-corrected chi connectivity index (χ2v) is 12.3. The van der Waals surface area contributed by atoms with E-state index in [4.69, 9.17) is 0 Å². The Morgan fingerprint density at radius 3 is 2.07 bits per heavy atom. The van der Waals surface area contributed by atoms with Crippen molar-refractivity contribution in [2.24, 2.45) is 4.99 Å². The van der Waals surface area contributed by atoms with Gasteiger partial charge in [-0.15, -0.1) is 0 Å². The molecule has 2 aliphatic rings. The summed E-state index contributed by atoms with van der Waals surface area (Å²) in [6.07, 6.45) is 1.08. The van der Waals surface area contributed by atoms with Crippen molar-refractivity contribution in [1.29, 1.82) is 0 Å². The van der Waals surface area contributed by atoms with E-state index in [1.807, 2.05) is 35.2 Å². The molecule has 2 aliphatic heterocycles. The quantitative estimate of drug-likeness (QED) is 0.312. The number of nitrogens with one attached hydrogen (secondary N) is 2. The van der Waals surface area contributed by atoms with Crippen LogP contribution in [0.2, 0.25) is 0 Å². The minimum absolute atomic E-state index is 0.00206. The van der Waals surface area contributed by atoms with Gasteiger partial charge in [0, 0.05) is 64.6 Å². The van der Waals surface area contributed by atoms with Crippen LogP contribution < -0.4 is 14.9 Å². The molecular weight excluding hydrogens is 552 g/mol. The molecule has 5 rings (SSSR count). The molecule has 1 atom stereocenters. The molecule has 11 heteroatoms. The molecule has 1 saturated heterocycles. The highest BCUT2D eigenvalue weighted by atomic mass is 32.2. The van der Waals surface area contributed by atoms with Crippen molar-refractivity contribution in [3.63, 3.8) is 0 Å². The molecule has 0 spiro atoms. The zero-order valence-corrected chi connectivity index (χ0v) is 24.4. The fraction of sp³-hybridized carbons (Fsp3) is 0.355. The van der Waals surface area contributed by atoms with Gasteiger partial charge in [-0.25, -0.2) is 8.42 Å². The minimum Gasteiger partial charge on any atom is -0.480 e. The Morgan fingerprint density at radius 1 is 0.881 bits per heavy atom. The van der Waals surface area contributed by atoms with Gasteiger partial charge in [-0.3, -0.25) is 14.7 Å². The molecule has 222 valence electrons. The first-order valence-corrected chi connectivity index (χ1v) is 15.8. The molecule has 3 aromatic rings. The number of carbonyl (C=O) groups is 1. The number of piperazine rings is 1. The van der Waals surface area contributed by atoms with Crippen molar-refractivity contribution in [1.82, 2.24) is 19.8 Å². The zero-order valence-electron chi connectivity index (χ0n) is 23.6. The van der Waals surface area contributed by atoms with Crippen LogP contribution in [0.15, 0.2) is 94.8 Å². The number of aliphatic carboxylic acids is 1. The molecule has 1 fully saturated rings. The molecule has 0 unspecified atom stereocenters. The lowest BCUT2D eigenvalue weighted by molar-refractivity contribution is -0.139. The Labute approximate surface area is 247 Å². The topological polar surface area (TPSA) is 118 Å². The average Bonchev–Trinajstić information content (AvgIpc) is 3.02. The maximum Gasteiger partial charge on any atom is 0.323 e. The number of hydrogen-bond acceptors (Lipinski definition) is 8. The van der Waals surface area contributed by atoms with E-state index in [1.165, 1.54) is 12.1 Å². The van der Waals surface area contributed by atoms with Crippen LogP contribution in [0.25, 0.3) is 0 Å². The van der Waals surface area contributed by atoms with Crippen LogP contribution in [0.1, 0.15) is 17.5 Å². The van der Waals surface area contributed by atoms with E-state index in [0.717, 1.165) is 68.5 Å². The summed E-state index contributed by atoms with van der Waals surface area (Å²) in [5.74, 6) is -0.211. The number of hydrogen-bond donors (Lipinski definition) is 3. The van der Waals surface area contributed by atoms with Crippen LogP contribution in [0.3, 0.4) is 0 Å². The van der Waals surface area contributed by atoms with Gasteiger partial charge in [0.2, 0.25) is 10.0 Å². The molecule has 0 radical (unpaired) electrons. The molecule has 42 heavy (non-hydrogen) atoms. The highest BCUT2D eigenvalue weighted by Gasteiger charge is 2.28. The van der Waals surface area contributed by atoms with Gasteiger partial charge in [-0.2, -0.15) is 4.72 Å². The van der Waals surface area contributed by atoms with Gasteiger partial charge in [-0.05, 0) is 41.8 Å². The maximum absolute atomic E-state index is 12.9. The molecule has 0 amide bonds. The van der Waals surface area contributed by atoms with E-state index in [0.29, 0.717) is 13.1 Å². The molecule has 10 nitrogen and oxygen atoms in total. The summed E-state index contributed by atoms with van der Waals surface area (Å²) in [5.41, 5.74) is 3.17. The largest absolute Gasteiger partial charge is 0.480 e. The first kappa shape index (κ1) is 29.6. The van der Waals surface area contributed by atoms with Gasteiger partial charge < -0.3 is 20.2 Å². The standard InChI is InChI=1S/C31H38N6O4S/c38-30(39)29(34-42(40,41)28-10-5-2-6-11-28)24-35(22-25-8-3-1-4-9-25)23-26-12-14-27(15-13-26)36-18-20-37(21-19-36)31-32-16-7-17-33-31/h1-6,8-15,29,34H,7,16-24H2,(H,32,33)(H,38,39)/t29-/m0/s1. The van der Waals surface area contributed by atoms with E-state index >= 15 is 0 Å². The Hall–Kier alpha value is -3.93. The highest BCUT2D eigenvalue weighted by molar-refractivity contribution is 7.89. The molecule has 0 saturated carbocycles. The monoisotopic (exact) mass is 590 g/mol. The fourth-order valence-corrected chi connectivity index (χ4v) is 6.49. The zero-order chi connectivity index (χ0) is 29.4. The second kappa shape index (κ2) is 13.8. The molecule has 3 aromatic carbocycles. The lowest BCUT2D eigenvalue weighted by atomic mass is 10.1. The predicted molar refractivity (Wildman–Crippen MR) is 164 cm³/mol. The van der Waals surface area contributed by atoms with E-state index in [2.05, 4.69) is 49.1 Å². The third kappa shape index (κ3) is 7.87. The van der Waals surface area contributed by atoms with E-state index in [-0.39, 0.29) is 11.4 Å². The number of rotatable bonds is 11. The lowest BCUT2D eigenvalue weighted by Crippen LogP contribution is -2.53. The van der Waals surface area contributed by atoms with Crippen LogP contribution in [-0.2, 0) is 27.9 Å². The van der Waals surface area contributed by atoms with Crippen LogP contribution in [0.5, 0.6) is 0 Å². The van der Waals surface area contributed by atoms with Gasteiger partial charge in [-0.1, -0.05) is 60.7 Å². The van der Waals surface area contributed by atoms with Gasteiger partial charge in [0.1, 0.15) is 6.04 Å². The Morgan fingerprint density at radius 2 is 1.48 bits per heavy atom. The first-order chi connectivity index (χ1) is 20.4. The third-order valence-corrected chi connectivity index (χ3v) is 8.99. The number of anilines is 1. The van der Waals surface area contributed by atoms with E-state index in [1.54, 1.807) is 18.2 Å². The summed E-state index contributed by atoms with van der Waals surface area (Å²) in [6.45, 7) is 6.43. The SMILES string of the molecule is O=C(O)[C@H](CN(Cc1ccccc1)Cc1ccc(N2CCN(C3=NCCCN3)CC2)cc1)NS(=O)(=O)c1ccccc1. The maximum atomic E-state index is 12.9. The molecule has 3 N–H and O–H groups in total. The number of aliphatic imine (C=N–C) groups is 1. The highest BCUT2D eigenvalue weighted by Crippen LogP contribution is 2.20. The van der Waals surface area contributed by atoms with Crippen molar-refractivity contribution in [2.75, 3.05) is 50.7 Å². The van der Waals surface area contributed by atoms with Crippen molar-refractivity contribution in [2.45, 2.75) is 30.4 Å². The van der Waals surface area contributed by atoms with Crippen molar-refractivity contribution in [3.05, 3.63) is 96.1 Å². The van der Waals surface area contributed by atoms with E-state index in [9.17, 15) is 18.3 Å². The Balaban J connectivity index is 1.26. The second-order valence-electron chi connectivity index (χ2n) is 10.6. The van der Waals surface area contributed by atoms with Crippen molar-refractivity contribution < 1.29 is 18.3 Å². The number of benzene rings is 3. The molecule has 0 aromatic heterocycles. The van der Waals surface area contributed by atoms with Gasteiger partial charge in [0.15, 0.2) is 5.96 Å². The van der Waals surface area contributed by atoms with Crippen LogP contribution in [-0.4, -0.2) is 87.1 Å². The van der Waals surface area contributed by atoms with Crippen LogP contribution >= 0.6 is 0 Å². The summed E-state index contributed by atoms with van der Waals surface area (Å²) < 4.78 is 28.3. The Kier molecular flexibility index (Phi) is 9.73. The molecule has 2 heterocycles. The van der Waals surface area contributed by atoms with Crippen LogP contribution in [0, 0.1) is 0 Å². The van der Waals surface area contributed by atoms with Gasteiger partial charge in [0.05, 0.1) is 4.90 Å². The number of guanidine groups is 1. The van der Waals surface area contributed by atoms with Gasteiger partial charge in [0.25, 0.3) is 0 Å². The van der Waals surface area contributed by atoms with Crippen LogP contribution in [0.4, 0.5) is 5.69 Å². The number of carboxylic acid groups (broad SMARTS) is 1. The number of carboxylic acids is 1. The van der Waals surface area contributed by atoms with Gasteiger partial charge >= 0.3 is 5.97 Å². The van der Waals surface area contributed by atoms with Crippen molar-refractivity contribution in [3.8, 4) is 0 Å². The molecular formula is C31H38N6O4S. The summed E-state index contributed by atoms with van der Waals surface area (Å²) in [7, 11) is -4.00. The fourth-order valence-electron chi connectivity index (χ4n) is 5.28. The van der Waals surface area contributed by atoms with Crippen molar-refractivity contribution >= 4 is 27.6 Å². The normalized spacial score (nSPS) is 16.5. The predicted octanol–water partition coefficient (Wildman–Crippen LogP) is 2.59. The molecule has 0 bridgehead atoms. The average molecular weight is 591 g/mol. The number of sulfonamides is 1. The minimum atomic E-state index is -4.00.